The molecule has 3 nitrogen and oxygen atoms in total. The Morgan fingerprint density at radius 1 is 1.59 bits per heavy atom. The molecule has 0 saturated heterocycles. The maximum Gasteiger partial charge on any atom is 0.217 e. The Morgan fingerprint density at radius 2 is 2.41 bits per heavy atom. The summed E-state index contributed by atoms with van der Waals surface area (Å²) in [5, 5.41) is 3.47. The number of aromatic nitrogens is 1. The van der Waals surface area contributed by atoms with E-state index in [0.717, 1.165) is 28.9 Å². The van der Waals surface area contributed by atoms with Gasteiger partial charge >= 0.3 is 0 Å². The Balaban J connectivity index is 1.97. The highest BCUT2D eigenvalue weighted by Gasteiger charge is 2.20. The first-order chi connectivity index (χ1) is 8.29. The molecule has 92 valence electrons. The van der Waals surface area contributed by atoms with Gasteiger partial charge in [-0.05, 0) is 41.3 Å². The number of hydrogen-bond donors (Lipinski definition) is 1. The standard InChI is InChI=1S/C13H17BrN2O/c1-2-3-6-17-13-10(7-11(14)9-16-13)8-15-12-4-5-12/h2,7,9,12,15H,1,3-6,8H2. The van der Waals surface area contributed by atoms with Gasteiger partial charge in [0.2, 0.25) is 5.88 Å². The van der Waals surface area contributed by atoms with E-state index < -0.39 is 0 Å². The van der Waals surface area contributed by atoms with Gasteiger partial charge in [-0.1, -0.05) is 6.08 Å². The van der Waals surface area contributed by atoms with Crippen LogP contribution >= 0.6 is 15.9 Å². The van der Waals surface area contributed by atoms with E-state index in [-0.39, 0.29) is 0 Å². The van der Waals surface area contributed by atoms with Crippen LogP contribution in [-0.4, -0.2) is 17.6 Å². The first-order valence-electron chi connectivity index (χ1n) is 5.91. The van der Waals surface area contributed by atoms with E-state index in [9.17, 15) is 0 Å². The molecule has 1 aliphatic carbocycles. The SMILES string of the molecule is C=CCCOc1ncc(Br)cc1CNC1CC1. The molecule has 0 spiro atoms. The zero-order valence-electron chi connectivity index (χ0n) is 9.79. The van der Waals surface area contributed by atoms with Crippen molar-refractivity contribution in [3.8, 4) is 5.88 Å². The summed E-state index contributed by atoms with van der Waals surface area (Å²) in [6.45, 7) is 5.13. The van der Waals surface area contributed by atoms with E-state index in [1.54, 1.807) is 6.20 Å². The third-order valence-corrected chi connectivity index (χ3v) is 3.04. The molecule has 1 aromatic heterocycles. The fraction of sp³-hybridized carbons (Fsp3) is 0.462. The Bertz CT molecular complexity index is 391. The molecule has 17 heavy (non-hydrogen) atoms. The second-order valence-corrected chi connectivity index (χ2v) is 5.11. The molecule has 0 bridgehead atoms. The van der Waals surface area contributed by atoms with E-state index in [4.69, 9.17) is 4.74 Å². The van der Waals surface area contributed by atoms with Gasteiger partial charge in [-0.15, -0.1) is 6.58 Å². The highest BCUT2D eigenvalue weighted by Crippen LogP contribution is 2.23. The van der Waals surface area contributed by atoms with E-state index in [2.05, 4.69) is 38.9 Å². The molecule has 1 saturated carbocycles. The maximum absolute atomic E-state index is 5.64. The average Bonchev–Trinajstić information content (AvgIpc) is 3.13. The van der Waals surface area contributed by atoms with Crippen LogP contribution < -0.4 is 10.1 Å². The van der Waals surface area contributed by atoms with Crippen LogP contribution in [0.5, 0.6) is 5.88 Å². The summed E-state index contributed by atoms with van der Waals surface area (Å²) < 4.78 is 6.63. The fourth-order valence-electron chi connectivity index (χ4n) is 1.51. The summed E-state index contributed by atoms with van der Waals surface area (Å²) in [4.78, 5) is 4.30. The van der Waals surface area contributed by atoms with Gasteiger partial charge in [-0.2, -0.15) is 0 Å². The van der Waals surface area contributed by atoms with Crippen molar-refractivity contribution in [2.24, 2.45) is 0 Å². The van der Waals surface area contributed by atoms with Crippen molar-refractivity contribution in [2.45, 2.75) is 31.8 Å². The predicted molar refractivity (Wildman–Crippen MR) is 72.1 cm³/mol. The van der Waals surface area contributed by atoms with Gasteiger partial charge in [0.1, 0.15) is 0 Å². The molecule has 1 aliphatic rings. The minimum absolute atomic E-state index is 0.633. The molecule has 4 heteroatoms. The summed E-state index contributed by atoms with van der Waals surface area (Å²) in [6.07, 6.45) is 7.03. The van der Waals surface area contributed by atoms with Crippen molar-refractivity contribution in [2.75, 3.05) is 6.61 Å². The average molecular weight is 297 g/mol. The summed E-state index contributed by atoms with van der Waals surface area (Å²) in [6, 6.07) is 2.75. The van der Waals surface area contributed by atoms with Gasteiger partial charge in [-0.3, -0.25) is 0 Å². The lowest BCUT2D eigenvalue weighted by molar-refractivity contribution is 0.307. The smallest absolute Gasteiger partial charge is 0.217 e. The van der Waals surface area contributed by atoms with Crippen LogP contribution in [0.4, 0.5) is 0 Å². The van der Waals surface area contributed by atoms with Crippen LogP contribution in [0.25, 0.3) is 0 Å². The van der Waals surface area contributed by atoms with Crippen LogP contribution in [0.15, 0.2) is 29.4 Å². The molecule has 2 rings (SSSR count). The molecule has 0 aliphatic heterocycles. The number of hydrogen-bond acceptors (Lipinski definition) is 3. The Kier molecular flexibility index (Phi) is 4.57. The molecule has 0 aromatic carbocycles. The zero-order chi connectivity index (χ0) is 12.1. The number of pyridine rings is 1. The van der Waals surface area contributed by atoms with E-state index >= 15 is 0 Å². The quantitative estimate of drug-likeness (QED) is 0.620. The van der Waals surface area contributed by atoms with Crippen LogP contribution in [0.1, 0.15) is 24.8 Å². The predicted octanol–water partition coefficient (Wildman–Crippen LogP) is 3.05. The van der Waals surface area contributed by atoms with E-state index in [0.29, 0.717) is 12.6 Å². The molecule has 0 atom stereocenters. The molecule has 1 heterocycles. The Morgan fingerprint density at radius 3 is 3.12 bits per heavy atom. The summed E-state index contributed by atoms with van der Waals surface area (Å²) in [7, 11) is 0. The molecule has 0 amide bonds. The van der Waals surface area contributed by atoms with Gasteiger partial charge in [0.15, 0.2) is 0 Å². The van der Waals surface area contributed by atoms with Gasteiger partial charge < -0.3 is 10.1 Å². The van der Waals surface area contributed by atoms with Crippen LogP contribution in [0.3, 0.4) is 0 Å². The number of nitrogens with one attached hydrogen (secondary N) is 1. The van der Waals surface area contributed by atoms with Crippen molar-refractivity contribution >= 4 is 15.9 Å². The third-order valence-electron chi connectivity index (χ3n) is 2.61. The number of halogens is 1. The van der Waals surface area contributed by atoms with Gasteiger partial charge in [0.25, 0.3) is 0 Å². The first kappa shape index (κ1) is 12.6. The molecule has 1 N–H and O–H groups in total. The van der Waals surface area contributed by atoms with Crippen LogP contribution in [0.2, 0.25) is 0 Å². The molecule has 0 unspecified atom stereocenters. The molecule has 1 fully saturated rings. The fourth-order valence-corrected chi connectivity index (χ4v) is 1.88. The van der Waals surface area contributed by atoms with Gasteiger partial charge in [-0.25, -0.2) is 4.98 Å². The first-order valence-corrected chi connectivity index (χ1v) is 6.70. The molecule has 0 radical (unpaired) electrons. The largest absolute Gasteiger partial charge is 0.477 e. The monoisotopic (exact) mass is 296 g/mol. The van der Waals surface area contributed by atoms with Crippen molar-refractivity contribution in [1.29, 1.82) is 0 Å². The van der Waals surface area contributed by atoms with Crippen LogP contribution in [-0.2, 0) is 6.54 Å². The minimum atomic E-state index is 0.633. The van der Waals surface area contributed by atoms with Gasteiger partial charge in [0, 0.05) is 28.8 Å². The Hall–Kier alpha value is -0.870. The normalized spacial score (nSPS) is 14.6. The van der Waals surface area contributed by atoms with Crippen molar-refractivity contribution in [3.63, 3.8) is 0 Å². The van der Waals surface area contributed by atoms with Crippen molar-refractivity contribution < 1.29 is 4.74 Å². The zero-order valence-corrected chi connectivity index (χ0v) is 11.4. The Labute approximate surface area is 110 Å². The van der Waals surface area contributed by atoms with E-state index in [1.807, 2.05) is 6.08 Å². The lowest BCUT2D eigenvalue weighted by Gasteiger charge is -2.10. The summed E-state index contributed by atoms with van der Waals surface area (Å²) in [5.74, 6) is 0.725. The van der Waals surface area contributed by atoms with Gasteiger partial charge in [0.05, 0.1) is 6.61 Å². The van der Waals surface area contributed by atoms with Crippen molar-refractivity contribution in [1.82, 2.24) is 10.3 Å². The number of nitrogens with zero attached hydrogens (tertiary/aromatic N) is 1. The lowest BCUT2D eigenvalue weighted by atomic mass is 10.2. The topological polar surface area (TPSA) is 34.1 Å². The number of rotatable bonds is 7. The molecular formula is C13H17BrN2O. The third kappa shape index (κ3) is 4.13. The lowest BCUT2D eigenvalue weighted by Crippen LogP contribution is -2.16. The van der Waals surface area contributed by atoms with E-state index in [1.165, 1.54) is 12.8 Å². The second-order valence-electron chi connectivity index (χ2n) is 4.20. The second kappa shape index (κ2) is 6.17. The number of ether oxygens (including phenoxy) is 1. The summed E-state index contributed by atoms with van der Waals surface area (Å²) >= 11 is 3.44. The molecule has 1 aromatic rings. The minimum Gasteiger partial charge on any atom is -0.477 e. The maximum atomic E-state index is 5.64. The highest BCUT2D eigenvalue weighted by atomic mass is 79.9. The van der Waals surface area contributed by atoms with Crippen LogP contribution in [0, 0.1) is 0 Å². The molecular weight excluding hydrogens is 280 g/mol. The highest BCUT2D eigenvalue weighted by molar-refractivity contribution is 9.10. The summed E-state index contributed by atoms with van der Waals surface area (Å²) in [5.41, 5.74) is 1.11. The van der Waals surface area contributed by atoms with Crippen molar-refractivity contribution in [3.05, 3.63) is 35.0 Å².